The smallest absolute Gasteiger partial charge is 0.468 e. The fourth-order valence-electron chi connectivity index (χ4n) is 2.95. The van der Waals surface area contributed by atoms with Crippen molar-refractivity contribution in [1.29, 1.82) is 0 Å². The van der Waals surface area contributed by atoms with E-state index in [1.807, 2.05) is 27.7 Å². The average Bonchev–Trinajstić information content (AvgIpc) is 2.86. The summed E-state index contributed by atoms with van der Waals surface area (Å²) in [6.07, 6.45) is -0.178. The summed E-state index contributed by atoms with van der Waals surface area (Å²) in [4.78, 5) is 48.1. The Balaban J connectivity index is 3.00. The third kappa shape index (κ3) is 13.8. The van der Waals surface area contributed by atoms with Crippen molar-refractivity contribution in [2.75, 3.05) is 33.5 Å². The lowest BCUT2D eigenvalue weighted by Gasteiger charge is -2.18. The van der Waals surface area contributed by atoms with Gasteiger partial charge < -0.3 is 33.7 Å². The van der Waals surface area contributed by atoms with Crippen LogP contribution < -0.4 is 14.8 Å². The van der Waals surface area contributed by atoms with Gasteiger partial charge in [-0.2, -0.15) is 0 Å². The van der Waals surface area contributed by atoms with E-state index in [1.165, 1.54) is 19.2 Å². The Labute approximate surface area is 224 Å². The molecule has 1 N–H and O–H groups in total. The first kappa shape index (κ1) is 32.7. The summed E-state index contributed by atoms with van der Waals surface area (Å²) in [6, 6.07) is 3.74. The van der Waals surface area contributed by atoms with Crippen molar-refractivity contribution in [3.8, 4) is 11.5 Å². The minimum atomic E-state index is -0.957. The molecule has 11 heteroatoms. The highest BCUT2D eigenvalue weighted by Crippen LogP contribution is 2.30. The number of carbonyl (C=O) groups excluding carboxylic acids is 4. The Morgan fingerprint density at radius 1 is 0.816 bits per heavy atom. The molecule has 214 valence electrons. The second-order valence-electron chi connectivity index (χ2n) is 9.36. The molecule has 11 nitrogen and oxygen atoms in total. The van der Waals surface area contributed by atoms with Gasteiger partial charge in [-0.1, -0.05) is 40.7 Å². The van der Waals surface area contributed by atoms with Crippen LogP contribution in [0.3, 0.4) is 0 Å². The Kier molecular flexibility index (Phi) is 15.5. The molecule has 1 atom stereocenters. The molecule has 0 heterocycles. The lowest BCUT2D eigenvalue weighted by atomic mass is 10.1. The predicted molar refractivity (Wildman–Crippen MR) is 138 cm³/mol. The molecule has 0 amide bonds. The van der Waals surface area contributed by atoms with E-state index in [2.05, 4.69) is 5.32 Å². The van der Waals surface area contributed by atoms with E-state index in [-0.39, 0.29) is 56.7 Å². The van der Waals surface area contributed by atoms with Gasteiger partial charge in [0.25, 0.3) is 0 Å². The number of rotatable bonds is 16. The number of nitrogens with one attached hydrogen (secondary N) is 1. The summed E-state index contributed by atoms with van der Waals surface area (Å²) in [5.74, 6) is -0.315. The van der Waals surface area contributed by atoms with Gasteiger partial charge in [0.1, 0.15) is 12.6 Å². The Hall–Kier alpha value is -3.34. The summed E-state index contributed by atoms with van der Waals surface area (Å²) in [6.45, 7) is 10.3. The number of ether oxygens (including phenoxy) is 6. The van der Waals surface area contributed by atoms with E-state index in [9.17, 15) is 19.2 Å². The van der Waals surface area contributed by atoms with Gasteiger partial charge in [-0.05, 0) is 48.8 Å². The fourth-order valence-corrected chi connectivity index (χ4v) is 2.95. The predicted octanol–water partition coefficient (Wildman–Crippen LogP) is 4.44. The summed E-state index contributed by atoms with van der Waals surface area (Å²) in [5, 5.41) is 2.99. The number of methoxy groups -OCH3 is 1. The van der Waals surface area contributed by atoms with Crippen molar-refractivity contribution in [2.45, 2.75) is 66.3 Å². The summed E-state index contributed by atoms with van der Waals surface area (Å²) in [7, 11) is 1.26. The minimum Gasteiger partial charge on any atom is -0.468 e. The van der Waals surface area contributed by atoms with Crippen LogP contribution in [-0.2, 0) is 35.0 Å². The van der Waals surface area contributed by atoms with Crippen LogP contribution >= 0.6 is 0 Å². The Bertz CT molecular complexity index is 900. The minimum absolute atomic E-state index is 0.0434. The fraction of sp³-hybridized carbons (Fsp3) is 0.630. The molecule has 0 saturated heterocycles. The van der Waals surface area contributed by atoms with Crippen molar-refractivity contribution in [1.82, 2.24) is 5.32 Å². The molecule has 0 unspecified atom stereocenters. The zero-order valence-electron chi connectivity index (χ0n) is 23.2. The summed E-state index contributed by atoms with van der Waals surface area (Å²) in [5.41, 5.74) is 0.573. The number of benzene rings is 1. The van der Waals surface area contributed by atoms with Gasteiger partial charge in [0.15, 0.2) is 11.5 Å². The maximum absolute atomic E-state index is 12.3. The van der Waals surface area contributed by atoms with Crippen LogP contribution in [0, 0.1) is 11.8 Å². The highest BCUT2D eigenvalue weighted by atomic mass is 16.7. The van der Waals surface area contributed by atoms with Gasteiger partial charge in [-0.25, -0.2) is 9.59 Å². The van der Waals surface area contributed by atoms with Gasteiger partial charge in [-0.3, -0.25) is 9.59 Å². The highest BCUT2D eigenvalue weighted by molar-refractivity contribution is 5.76. The van der Waals surface area contributed by atoms with E-state index in [1.54, 1.807) is 13.0 Å². The average molecular weight is 540 g/mol. The Morgan fingerprint density at radius 2 is 1.39 bits per heavy atom. The Morgan fingerprint density at radius 3 is 1.92 bits per heavy atom. The number of carbonyl (C=O) groups is 4. The molecular weight excluding hydrogens is 498 g/mol. The monoisotopic (exact) mass is 539 g/mol. The topological polar surface area (TPSA) is 136 Å². The van der Waals surface area contributed by atoms with E-state index >= 15 is 0 Å². The van der Waals surface area contributed by atoms with Gasteiger partial charge in [0.05, 0.1) is 20.3 Å². The third-order valence-electron chi connectivity index (χ3n) is 5.19. The van der Waals surface area contributed by atoms with Crippen molar-refractivity contribution >= 4 is 24.2 Å². The highest BCUT2D eigenvalue weighted by Gasteiger charge is 2.22. The first-order chi connectivity index (χ1) is 18.0. The molecule has 0 aliphatic heterocycles. The number of esters is 2. The number of hydrogen-bond donors (Lipinski definition) is 1. The maximum atomic E-state index is 12.3. The lowest BCUT2D eigenvalue weighted by molar-refractivity contribution is -0.143. The maximum Gasteiger partial charge on any atom is 0.513 e. The molecule has 0 aromatic heterocycles. The molecule has 1 aromatic rings. The van der Waals surface area contributed by atoms with E-state index in [0.717, 1.165) is 0 Å². The van der Waals surface area contributed by atoms with Gasteiger partial charge in [-0.15, -0.1) is 0 Å². The van der Waals surface area contributed by atoms with Crippen LogP contribution in [0.1, 0.15) is 59.4 Å². The van der Waals surface area contributed by atoms with E-state index < -0.39 is 24.3 Å². The van der Waals surface area contributed by atoms with Crippen molar-refractivity contribution in [2.24, 2.45) is 11.8 Å². The molecule has 1 aromatic carbocycles. The SMILES string of the molecule is CCC(=O)OCCN[C@@H](Cc1ccc(OC(=O)OCCC(C)C)c(OC(=O)OCCC(C)C)c1)C(=O)OC. The lowest BCUT2D eigenvalue weighted by Crippen LogP contribution is -2.41. The molecule has 0 aliphatic rings. The third-order valence-corrected chi connectivity index (χ3v) is 5.19. The van der Waals surface area contributed by atoms with Crippen LogP contribution in [0.25, 0.3) is 0 Å². The van der Waals surface area contributed by atoms with E-state index in [0.29, 0.717) is 30.2 Å². The van der Waals surface area contributed by atoms with Crippen LogP contribution in [0.15, 0.2) is 18.2 Å². The van der Waals surface area contributed by atoms with Crippen molar-refractivity contribution in [3.63, 3.8) is 0 Å². The van der Waals surface area contributed by atoms with Crippen molar-refractivity contribution in [3.05, 3.63) is 23.8 Å². The van der Waals surface area contributed by atoms with Gasteiger partial charge in [0, 0.05) is 13.0 Å². The molecule has 0 spiro atoms. The first-order valence-electron chi connectivity index (χ1n) is 12.8. The second kappa shape index (κ2) is 18.0. The number of hydrogen-bond acceptors (Lipinski definition) is 11. The normalized spacial score (nSPS) is 11.6. The molecule has 0 bridgehead atoms. The van der Waals surface area contributed by atoms with Crippen LogP contribution in [0.5, 0.6) is 11.5 Å². The van der Waals surface area contributed by atoms with Crippen LogP contribution in [0.2, 0.25) is 0 Å². The van der Waals surface area contributed by atoms with Crippen molar-refractivity contribution < 1.29 is 47.6 Å². The molecule has 0 fully saturated rings. The van der Waals surface area contributed by atoms with Crippen LogP contribution in [-0.4, -0.2) is 63.8 Å². The summed E-state index contributed by atoms with van der Waals surface area (Å²) < 4.78 is 30.7. The first-order valence-corrected chi connectivity index (χ1v) is 12.8. The molecule has 0 radical (unpaired) electrons. The standard InChI is InChI=1S/C27H41NO10/c1-7-24(29)34-15-12-28-21(25(30)33-6)16-20-8-9-22(37-26(31)35-13-10-18(2)3)23(17-20)38-27(32)36-14-11-19(4)5/h8-9,17-19,21,28H,7,10-16H2,1-6H3/t21-/m0/s1. The second-order valence-corrected chi connectivity index (χ2v) is 9.36. The van der Waals surface area contributed by atoms with E-state index in [4.69, 9.17) is 28.4 Å². The van der Waals surface area contributed by atoms with Crippen LogP contribution in [0.4, 0.5) is 9.59 Å². The molecule has 0 saturated carbocycles. The molecule has 0 aliphatic carbocycles. The van der Waals surface area contributed by atoms with Gasteiger partial charge in [0.2, 0.25) is 0 Å². The molecule has 1 rings (SSSR count). The zero-order valence-corrected chi connectivity index (χ0v) is 23.2. The molecule has 38 heavy (non-hydrogen) atoms. The largest absolute Gasteiger partial charge is 0.513 e. The quantitative estimate of drug-likeness (QED) is 0.138. The van der Waals surface area contributed by atoms with Gasteiger partial charge >= 0.3 is 24.2 Å². The molecular formula is C27H41NO10. The zero-order chi connectivity index (χ0) is 28.5. The summed E-state index contributed by atoms with van der Waals surface area (Å²) >= 11 is 0.